The Bertz CT molecular complexity index is 470. The summed E-state index contributed by atoms with van der Waals surface area (Å²) in [6.45, 7) is 1.98. The second-order valence-corrected chi connectivity index (χ2v) is 5.45. The van der Waals surface area contributed by atoms with E-state index in [4.69, 9.17) is 0 Å². The summed E-state index contributed by atoms with van der Waals surface area (Å²) >= 11 is 2.20. The minimum atomic E-state index is -0.184. The zero-order valence-corrected chi connectivity index (χ0v) is 11.0. The van der Waals surface area contributed by atoms with Gasteiger partial charge in [-0.1, -0.05) is 0 Å². The van der Waals surface area contributed by atoms with Crippen LogP contribution in [0.5, 0.6) is 0 Å². The molecule has 2 heterocycles. The number of rotatable bonds is 0. The van der Waals surface area contributed by atoms with Crippen molar-refractivity contribution in [3.05, 3.63) is 27.1 Å². The molecule has 0 saturated carbocycles. The largest absolute Gasteiger partial charge is 0.356 e. The summed E-state index contributed by atoms with van der Waals surface area (Å²) in [5, 5.41) is 0. The topological polar surface area (TPSA) is 15.6 Å². The van der Waals surface area contributed by atoms with E-state index in [0.29, 0.717) is 0 Å². The summed E-state index contributed by atoms with van der Waals surface area (Å²) in [6, 6.07) is 3.14. The highest BCUT2D eigenvalue weighted by molar-refractivity contribution is 14.1. The third kappa shape index (κ3) is 1.73. The molecule has 0 bridgehead atoms. The molecule has 0 aliphatic carbocycles. The minimum absolute atomic E-state index is 0.184. The van der Waals surface area contributed by atoms with E-state index in [2.05, 4.69) is 32.5 Å². The first-order chi connectivity index (χ1) is 7.74. The SMILES string of the molecule is Fc1cc(I)c2c(c1)N=C1CCCCN1C2. The second kappa shape index (κ2) is 3.98. The first-order valence-corrected chi connectivity index (χ1v) is 6.62. The summed E-state index contributed by atoms with van der Waals surface area (Å²) < 4.78 is 14.3. The van der Waals surface area contributed by atoms with Gasteiger partial charge in [-0.25, -0.2) is 9.38 Å². The van der Waals surface area contributed by atoms with Gasteiger partial charge in [-0.2, -0.15) is 0 Å². The third-order valence-electron chi connectivity index (χ3n) is 3.18. The fourth-order valence-electron chi connectivity index (χ4n) is 2.35. The number of nitrogens with zero attached hydrogens (tertiary/aromatic N) is 2. The van der Waals surface area contributed by atoms with Gasteiger partial charge in [-0.15, -0.1) is 0 Å². The van der Waals surface area contributed by atoms with Crippen molar-refractivity contribution in [3.63, 3.8) is 0 Å². The van der Waals surface area contributed by atoms with Crippen LogP contribution in [0.15, 0.2) is 17.1 Å². The quantitative estimate of drug-likeness (QED) is 0.665. The lowest BCUT2D eigenvalue weighted by atomic mass is 10.0. The molecule has 0 radical (unpaired) electrons. The summed E-state index contributed by atoms with van der Waals surface area (Å²) in [6.07, 6.45) is 3.48. The van der Waals surface area contributed by atoms with Gasteiger partial charge in [0, 0.05) is 28.6 Å². The molecule has 1 aromatic carbocycles. The molecule has 2 aliphatic heterocycles. The Morgan fingerprint density at radius 1 is 1.31 bits per heavy atom. The van der Waals surface area contributed by atoms with Gasteiger partial charge in [0.05, 0.1) is 5.69 Å². The molecule has 0 spiro atoms. The van der Waals surface area contributed by atoms with E-state index >= 15 is 0 Å². The number of halogens is 2. The van der Waals surface area contributed by atoms with Crippen LogP contribution < -0.4 is 0 Å². The average Bonchev–Trinajstić information content (AvgIpc) is 2.27. The third-order valence-corrected chi connectivity index (χ3v) is 4.14. The highest BCUT2D eigenvalue weighted by atomic mass is 127. The van der Waals surface area contributed by atoms with E-state index in [1.807, 2.05) is 0 Å². The van der Waals surface area contributed by atoms with Crippen LogP contribution >= 0.6 is 22.6 Å². The molecule has 3 rings (SSSR count). The summed E-state index contributed by atoms with van der Waals surface area (Å²) in [7, 11) is 0. The fourth-order valence-corrected chi connectivity index (χ4v) is 3.09. The van der Waals surface area contributed by atoms with Crippen LogP contribution in [0.25, 0.3) is 0 Å². The molecule has 1 aromatic rings. The van der Waals surface area contributed by atoms with Crippen molar-refractivity contribution in [2.45, 2.75) is 25.8 Å². The Balaban J connectivity index is 2.09. The first kappa shape index (κ1) is 10.5. The predicted octanol–water partition coefficient (Wildman–Crippen LogP) is 3.46. The van der Waals surface area contributed by atoms with Crippen molar-refractivity contribution in [2.24, 2.45) is 4.99 Å². The molecular formula is C12H12FIN2. The number of benzene rings is 1. The molecule has 0 amide bonds. The van der Waals surface area contributed by atoms with Crippen LogP contribution in [0.4, 0.5) is 10.1 Å². The highest BCUT2D eigenvalue weighted by Crippen LogP contribution is 2.33. The number of fused-ring (bicyclic) bond motifs is 2. The molecule has 1 fully saturated rings. The Kier molecular flexibility index (Phi) is 2.61. The Hall–Kier alpha value is -0.650. The predicted molar refractivity (Wildman–Crippen MR) is 70.5 cm³/mol. The molecule has 0 atom stereocenters. The molecule has 4 heteroatoms. The lowest BCUT2D eigenvalue weighted by molar-refractivity contribution is 0.358. The molecule has 2 aliphatic rings. The van der Waals surface area contributed by atoms with E-state index in [0.717, 1.165) is 34.6 Å². The number of amidine groups is 1. The number of hydrogen-bond donors (Lipinski definition) is 0. The van der Waals surface area contributed by atoms with E-state index in [1.165, 1.54) is 18.4 Å². The van der Waals surface area contributed by atoms with Gasteiger partial charge in [0.15, 0.2) is 0 Å². The van der Waals surface area contributed by atoms with Gasteiger partial charge in [0.1, 0.15) is 11.7 Å². The summed E-state index contributed by atoms with van der Waals surface area (Å²) in [4.78, 5) is 6.91. The van der Waals surface area contributed by atoms with Crippen LogP contribution in [0, 0.1) is 9.39 Å². The van der Waals surface area contributed by atoms with E-state index < -0.39 is 0 Å². The second-order valence-electron chi connectivity index (χ2n) is 4.29. The van der Waals surface area contributed by atoms with Gasteiger partial charge < -0.3 is 4.90 Å². The molecule has 2 nitrogen and oxygen atoms in total. The summed E-state index contributed by atoms with van der Waals surface area (Å²) in [5.41, 5.74) is 2.00. The van der Waals surface area contributed by atoms with Gasteiger partial charge >= 0.3 is 0 Å². The fraction of sp³-hybridized carbons (Fsp3) is 0.417. The van der Waals surface area contributed by atoms with E-state index in [9.17, 15) is 4.39 Å². The van der Waals surface area contributed by atoms with Crippen molar-refractivity contribution in [3.8, 4) is 0 Å². The van der Waals surface area contributed by atoms with Crippen molar-refractivity contribution in [1.82, 2.24) is 4.90 Å². The van der Waals surface area contributed by atoms with Crippen molar-refractivity contribution in [2.75, 3.05) is 6.54 Å². The molecule has 0 N–H and O–H groups in total. The Morgan fingerprint density at radius 2 is 2.19 bits per heavy atom. The zero-order chi connectivity index (χ0) is 11.1. The standard InChI is InChI=1S/C12H12FIN2/c13-8-5-10(14)9-7-16-4-2-1-3-12(16)15-11(9)6-8/h5-6H,1-4,7H2. The normalized spacial score (nSPS) is 18.9. The smallest absolute Gasteiger partial charge is 0.126 e. The maximum Gasteiger partial charge on any atom is 0.126 e. The monoisotopic (exact) mass is 330 g/mol. The zero-order valence-electron chi connectivity index (χ0n) is 8.84. The number of piperidine rings is 1. The van der Waals surface area contributed by atoms with E-state index in [1.54, 1.807) is 12.1 Å². The molecule has 0 aromatic heterocycles. The van der Waals surface area contributed by atoms with E-state index in [-0.39, 0.29) is 5.82 Å². The van der Waals surface area contributed by atoms with Crippen LogP contribution in [0.2, 0.25) is 0 Å². The lowest BCUT2D eigenvalue weighted by Crippen LogP contribution is -2.36. The van der Waals surface area contributed by atoms with Crippen LogP contribution in [0.3, 0.4) is 0 Å². The number of aliphatic imine (C=N–C) groups is 1. The van der Waals surface area contributed by atoms with Gasteiger partial charge in [0.25, 0.3) is 0 Å². The van der Waals surface area contributed by atoms with Crippen molar-refractivity contribution >= 4 is 34.1 Å². The number of hydrogen-bond acceptors (Lipinski definition) is 2. The molecule has 0 unspecified atom stereocenters. The minimum Gasteiger partial charge on any atom is -0.356 e. The Morgan fingerprint density at radius 3 is 3.06 bits per heavy atom. The molecule has 16 heavy (non-hydrogen) atoms. The van der Waals surface area contributed by atoms with Gasteiger partial charge in [-0.05, 0) is 47.6 Å². The van der Waals surface area contributed by atoms with Crippen molar-refractivity contribution in [1.29, 1.82) is 0 Å². The van der Waals surface area contributed by atoms with Crippen molar-refractivity contribution < 1.29 is 4.39 Å². The average molecular weight is 330 g/mol. The van der Waals surface area contributed by atoms with Gasteiger partial charge in [-0.3, -0.25) is 0 Å². The maximum absolute atomic E-state index is 13.3. The summed E-state index contributed by atoms with van der Waals surface area (Å²) in [5.74, 6) is 0.955. The maximum atomic E-state index is 13.3. The first-order valence-electron chi connectivity index (χ1n) is 5.54. The Labute approximate surface area is 108 Å². The van der Waals surface area contributed by atoms with Crippen LogP contribution in [0.1, 0.15) is 24.8 Å². The highest BCUT2D eigenvalue weighted by Gasteiger charge is 2.24. The molecule has 84 valence electrons. The van der Waals surface area contributed by atoms with Crippen LogP contribution in [-0.2, 0) is 6.54 Å². The van der Waals surface area contributed by atoms with Crippen LogP contribution in [-0.4, -0.2) is 17.3 Å². The lowest BCUT2D eigenvalue weighted by Gasteiger charge is -2.34. The molecule has 1 saturated heterocycles. The van der Waals surface area contributed by atoms with Gasteiger partial charge in [0.2, 0.25) is 0 Å². The molecular weight excluding hydrogens is 318 g/mol.